The monoisotopic (exact) mass is 230 g/mol. The van der Waals surface area contributed by atoms with E-state index in [0.29, 0.717) is 18.6 Å². The van der Waals surface area contributed by atoms with Crippen molar-refractivity contribution in [1.29, 1.82) is 0 Å². The standard InChI is InChI=1S/C14H18N2O/c15-14(17)9-16(11-6-7-11)13-8-5-10-3-1-2-4-12(10)13/h1-4,11,13H,5-9H2,(H2,15,17). The molecule has 3 rings (SSSR count). The first-order valence-electron chi connectivity index (χ1n) is 6.37. The van der Waals surface area contributed by atoms with Crippen LogP contribution in [0.3, 0.4) is 0 Å². The first-order chi connectivity index (χ1) is 8.25. The topological polar surface area (TPSA) is 46.3 Å². The Morgan fingerprint density at radius 1 is 1.29 bits per heavy atom. The molecular weight excluding hydrogens is 212 g/mol. The third-order valence-electron chi connectivity index (χ3n) is 3.86. The van der Waals surface area contributed by atoms with Gasteiger partial charge in [-0.2, -0.15) is 0 Å². The number of rotatable bonds is 4. The molecular formula is C14H18N2O. The molecule has 0 spiro atoms. The van der Waals surface area contributed by atoms with Gasteiger partial charge in [-0.1, -0.05) is 24.3 Å². The predicted molar refractivity (Wildman–Crippen MR) is 66.4 cm³/mol. The Labute approximate surface area is 102 Å². The summed E-state index contributed by atoms with van der Waals surface area (Å²) in [5.74, 6) is -0.207. The Bertz CT molecular complexity index is 440. The predicted octanol–water partition coefficient (Wildman–Crippen LogP) is 1.62. The molecule has 2 aliphatic carbocycles. The number of fused-ring (bicyclic) bond motifs is 1. The van der Waals surface area contributed by atoms with Gasteiger partial charge >= 0.3 is 0 Å². The van der Waals surface area contributed by atoms with E-state index >= 15 is 0 Å². The molecule has 90 valence electrons. The van der Waals surface area contributed by atoms with Crippen LogP contribution in [0.25, 0.3) is 0 Å². The van der Waals surface area contributed by atoms with Crippen LogP contribution in [0.15, 0.2) is 24.3 Å². The molecule has 0 saturated heterocycles. The van der Waals surface area contributed by atoms with Crippen LogP contribution in [0, 0.1) is 0 Å². The third-order valence-corrected chi connectivity index (χ3v) is 3.86. The molecule has 0 aliphatic heterocycles. The van der Waals surface area contributed by atoms with E-state index in [0.717, 1.165) is 12.8 Å². The van der Waals surface area contributed by atoms with E-state index in [2.05, 4.69) is 29.2 Å². The van der Waals surface area contributed by atoms with E-state index in [1.807, 2.05) is 0 Å². The summed E-state index contributed by atoms with van der Waals surface area (Å²) in [6.07, 6.45) is 4.68. The Morgan fingerprint density at radius 2 is 2.06 bits per heavy atom. The second-order valence-corrected chi connectivity index (χ2v) is 5.12. The van der Waals surface area contributed by atoms with Gasteiger partial charge in [-0.15, -0.1) is 0 Å². The maximum Gasteiger partial charge on any atom is 0.231 e. The lowest BCUT2D eigenvalue weighted by atomic mass is 10.1. The highest BCUT2D eigenvalue weighted by Gasteiger charge is 2.37. The number of nitrogens with two attached hydrogens (primary N) is 1. The average molecular weight is 230 g/mol. The summed E-state index contributed by atoms with van der Waals surface area (Å²) in [6.45, 7) is 0.406. The van der Waals surface area contributed by atoms with Crippen LogP contribution in [-0.4, -0.2) is 23.4 Å². The minimum absolute atomic E-state index is 0.207. The van der Waals surface area contributed by atoms with Crippen molar-refractivity contribution in [1.82, 2.24) is 4.90 Å². The van der Waals surface area contributed by atoms with Gasteiger partial charge in [0.15, 0.2) is 0 Å². The first-order valence-corrected chi connectivity index (χ1v) is 6.37. The number of nitrogens with zero attached hydrogens (tertiary/aromatic N) is 1. The molecule has 1 aromatic rings. The molecule has 1 amide bonds. The van der Waals surface area contributed by atoms with Crippen molar-refractivity contribution in [3.8, 4) is 0 Å². The van der Waals surface area contributed by atoms with Gasteiger partial charge in [-0.05, 0) is 36.8 Å². The molecule has 1 saturated carbocycles. The van der Waals surface area contributed by atoms with E-state index < -0.39 is 0 Å². The molecule has 1 unspecified atom stereocenters. The summed E-state index contributed by atoms with van der Waals surface area (Å²) in [5, 5.41) is 0. The summed E-state index contributed by atoms with van der Waals surface area (Å²) in [6, 6.07) is 9.57. The van der Waals surface area contributed by atoms with Crippen molar-refractivity contribution in [3.05, 3.63) is 35.4 Å². The molecule has 0 radical (unpaired) electrons. The highest BCUT2D eigenvalue weighted by molar-refractivity contribution is 5.76. The number of carbonyl (C=O) groups excluding carboxylic acids is 1. The van der Waals surface area contributed by atoms with Gasteiger partial charge in [-0.25, -0.2) is 0 Å². The fraction of sp³-hybridized carbons (Fsp3) is 0.500. The van der Waals surface area contributed by atoms with Crippen LogP contribution in [0.2, 0.25) is 0 Å². The molecule has 1 fully saturated rings. The lowest BCUT2D eigenvalue weighted by molar-refractivity contribution is -0.119. The zero-order valence-corrected chi connectivity index (χ0v) is 9.93. The Morgan fingerprint density at radius 3 is 2.76 bits per heavy atom. The third kappa shape index (κ3) is 2.07. The van der Waals surface area contributed by atoms with E-state index in [-0.39, 0.29) is 5.91 Å². The zero-order valence-electron chi connectivity index (χ0n) is 9.93. The molecule has 2 N–H and O–H groups in total. The number of hydrogen-bond donors (Lipinski definition) is 1. The van der Waals surface area contributed by atoms with Crippen molar-refractivity contribution in [2.24, 2.45) is 5.73 Å². The number of benzene rings is 1. The van der Waals surface area contributed by atoms with E-state index in [1.54, 1.807) is 0 Å². The molecule has 1 aromatic carbocycles. The lowest BCUT2D eigenvalue weighted by Gasteiger charge is -2.28. The second kappa shape index (κ2) is 4.15. The van der Waals surface area contributed by atoms with Crippen LogP contribution in [0.4, 0.5) is 0 Å². The lowest BCUT2D eigenvalue weighted by Crippen LogP contribution is -2.37. The minimum atomic E-state index is -0.207. The van der Waals surface area contributed by atoms with Crippen LogP contribution in [0.5, 0.6) is 0 Å². The van der Waals surface area contributed by atoms with Gasteiger partial charge in [0.25, 0.3) is 0 Å². The van der Waals surface area contributed by atoms with Gasteiger partial charge in [-0.3, -0.25) is 9.69 Å². The molecule has 0 heterocycles. The van der Waals surface area contributed by atoms with Crippen LogP contribution in [-0.2, 0) is 11.2 Å². The molecule has 3 nitrogen and oxygen atoms in total. The summed E-state index contributed by atoms with van der Waals surface area (Å²) in [7, 11) is 0. The van der Waals surface area contributed by atoms with Crippen molar-refractivity contribution in [2.75, 3.05) is 6.54 Å². The quantitative estimate of drug-likeness (QED) is 0.854. The number of hydrogen-bond acceptors (Lipinski definition) is 2. The van der Waals surface area contributed by atoms with E-state index in [4.69, 9.17) is 5.73 Å². The number of aryl methyl sites for hydroxylation is 1. The van der Waals surface area contributed by atoms with Gasteiger partial charge in [0.05, 0.1) is 6.54 Å². The van der Waals surface area contributed by atoms with Gasteiger partial charge in [0.1, 0.15) is 0 Å². The Kier molecular flexibility index (Phi) is 2.63. The highest BCUT2D eigenvalue weighted by Crippen LogP contribution is 2.41. The van der Waals surface area contributed by atoms with Crippen molar-refractivity contribution < 1.29 is 4.79 Å². The van der Waals surface area contributed by atoms with Crippen LogP contribution in [0.1, 0.15) is 36.4 Å². The van der Waals surface area contributed by atoms with Crippen LogP contribution < -0.4 is 5.73 Å². The Hall–Kier alpha value is -1.35. The molecule has 2 aliphatic rings. The van der Waals surface area contributed by atoms with Crippen molar-refractivity contribution in [3.63, 3.8) is 0 Å². The fourth-order valence-electron chi connectivity index (χ4n) is 2.96. The molecule has 1 atom stereocenters. The number of primary amides is 1. The van der Waals surface area contributed by atoms with Gasteiger partial charge < -0.3 is 5.73 Å². The van der Waals surface area contributed by atoms with Crippen LogP contribution >= 0.6 is 0 Å². The SMILES string of the molecule is NC(=O)CN(C1CC1)C1CCc2ccccc21. The summed E-state index contributed by atoms with van der Waals surface area (Å²) in [4.78, 5) is 13.5. The molecule has 0 aromatic heterocycles. The average Bonchev–Trinajstić information content (AvgIpc) is 3.06. The maximum absolute atomic E-state index is 11.2. The normalized spacial score (nSPS) is 22.8. The van der Waals surface area contributed by atoms with Gasteiger partial charge in [0.2, 0.25) is 5.91 Å². The largest absolute Gasteiger partial charge is 0.369 e. The summed E-state index contributed by atoms with van der Waals surface area (Å²) >= 11 is 0. The van der Waals surface area contributed by atoms with E-state index in [9.17, 15) is 4.79 Å². The summed E-state index contributed by atoms with van der Waals surface area (Å²) < 4.78 is 0. The highest BCUT2D eigenvalue weighted by atomic mass is 16.1. The van der Waals surface area contributed by atoms with E-state index in [1.165, 1.54) is 24.0 Å². The zero-order chi connectivity index (χ0) is 11.8. The fourth-order valence-corrected chi connectivity index (χ4v) is 2.96. The van der Waals surface area contributed by atoms with Gasteiger partial charge in [0, 0.05) is 12.1 Å². The van der Waals surface area contributed by atoms with Crippen molar-refractivity contribution in [2.45, 2.75) is 37.8 Å². The number of amides is 1. The maximum atomic E-state index is 11.2. The number of carbonyl (C=O) groups is 1. The minimum Gasteiger partial charge on any atom is -0.369 e. The first kappa shape index (κ1) is 10.8. The smallest absolute Gasteiger partial charge is 0.231 e. The Balaban J connectivity index is 1.85. The van der Waals surface area contributed by atoms with Crippen molar-refractivity contribution >= 4 is 5.91 Å². The molecule has 17 heavy (non-hydrogen) atoms. The summed E-state index contributed by atoms with van der Waals surface area (Å²) in [5.41, 5.74) is 8.21. The second-order valence-electron chi connectivity index (χ2n) is 5.12. The molecule has 3 heteroatoms. The molecule has 0 bridgehead atoms.